The number of rotatable bonds is 5. The highest BCUT2D eigenvalue weighted by Crippen LogP contribution is 2.27. The normalized spacial score (nSPS) is 23.4. The van der Waals surface area contributed by atoms with Crippen LogP contribution < -0.4 is 11.1 Å². The molecule has 2 unspecified atom stereocenters. The molecule has 1 heterocycles. The van der Waals surface area contributed by atoms with E-state index in [4.69, 9.17) is 10.5 Å². The summed E-state index contributed by atoms with van der Waals surface area (Å²) in [5.41, 5.74) is 6.50. The number of carbonyl (C=O) groups excluding carboxylic acids is 1. The van der Waals surface area contributed by atoms with E-state index in [0.717, 1.165) is 19.6 Å². The van der Waals surface area contributed by atoms with Crippen molar-refractivity contribution in [3.8, 4) is 0 Å². The molecule has 19 heavy (non-hydrogen) atoms. The third-order valence-electron chi connectivity index (χ3n) is 3.56. The lowest BCUT2D eigenvalue weighted by Crippen LogP contribution is -2.42. The van der Waals surface area contributed by atoms with Crippen LogP contribution >= 0.6 is 0 Å². The Hall–Kier alpha value is -1.59. The van der Waals surface area contributed by atoms with Gasteiger partial charge in [-0.3, -0.25) is 4.90 Å². The van der Waals surface area contributed by atoms with Gasteiger partial charge in [0, 0.05) is 32.7 Å². The molecule has 2 amide bonds. The van der Waals surface area contributed by atoms with E-state index >= 15 is 0 Å². The fourth-order valence-electron chi connectivity index (χ4n) is 2.66. The van der Waals surface area contributed by atoms with E-state index in [2.05, 4.69) is 22.3 Å². The van der Waals surface area contributed by atoms with Gasteiger partial charge in [-0.25, -0.2) is 4.79 Å². The summed E-state index contributed by atoms with van der Waals surface area (Å²) in [5, 5.41) is 2.85. The Balaban J connectivity index is 2.07. The van der Waals surface area contributed by atoms with Crippen molar-refractivity contribution in [3.63, 3.8) is 0 Å². The molecule has 0 bridgehead atoms. The van der Waals surface area contributed by atoms with Gasteiger partial charge >= 0.3 is 6.03 Å². The molecule has 2 rings (SSSR count). The van der Waals surface area contributed by atoms with Gasteiger partial charge in [0.15, 0.2) is 0 Å². The number of benzene rings is 1. The van der Waals surface area contributed by atoms with Crippen molar-refractivity contribution in [1.82, 2.24) is 10.2 Å². The Morgan fingerprint density at radius 2 is 2.16 bits per heavy atom. The molecule has 0 aromatic heterocycles. The summed E-state index contributed by atoms with van der Waals surface area (Å²) < 4.78 is 5.11. The van der Waals surface area contributed by atoms with Crippen molar-refractivity contribution in [2.24, 2.45) is 5.73 Å². The van der Waals surface area contributed by atoms with Gasteiger partial charge in [0.2, 0.25) is 0 Å². The summed E-state index contributed by atoms with van der Waals surface area (Å²) in [5.74, 6) is 0.283. The lowest BCUT2D eigenvalue weighted by atomic mass is 9.94. The summed E-state index contributed by atoms with van der Waals surface area (Å²) in [6, 6.07) is 9.84. The molecule has 0 aliphatic carbocycles. The van der Waals surface area contributed by atoms with Crippen LogP contribution in [0.4, 0.5) is 4.79 Å². The molecule has 3 N–H and O–H groups in total. The van der Waals surface area contributed by atoms with E-state index in [0.29, 0.717) is 6.61 Å². The maximum Gasteiger partial charge on any atom is 0.312 e. The second kappa shape index (κ2) is 6.54. The summed E-state index contributed by atoms with van der Waals surface area (Å²) in [6.45, 7) is 3.30. The number of ether oxygens (including phenoxy) is 1. The smallest absolute Gasteiger partial charge is 0.312 e. The van der Waals surface area contributed by atoms with Crippen LogP contribution in [-0.4, -0.2) is 50.3 Å². The second-order valence-corrected chi connectivity index (χ2v) is 4.88. The van der Waals surface area contributed by atoms with Gasteiger partial charge in [0.1, 0.15) is 0 Å². The van der Waals surface area contributed by atoms with Gasteiger partial charge in [0.05, 0.1) is 12.6 Å². The van der Waals surface area contributed by atoms with E-state index in [-0.39, 0.29) is 12.0 Å². The maximum absolute atomic E-state index is 11.1. The number of hydrogen-bond donors (Lipinski definition) is 2. The first-order valence-corrected chi connectivity index (χ1v) is 6.53. The highest BCUT2D eigenvalue weighted by Gasteiger charge is 2.34. The van der Waals surface area contributed by atoms with Crippen molar-refractivity contribution < 1.29 is 9.53 Å². The Morgan fingerprint density at radius 3 is 2.79 bits per heavy atom. The van der Waals surface area contributed by atoms with Crippen LogP contribution in [0.1, 0.15) is 11.5 Å². The van der Waals surface area contributed by atoms with Gasteiger partial charge < -0.3 is 15.8 Å². The zero-order valence-corrected chi connectivity index (χ0v) is 11.2. The van der Waals surface area contributed by atoms with E-state index < -0.39 is 6.03 Å². The fraction of sp³-hybridized carbons (Fsp3) is 0.500. The van der Waals surface area contributed by atoms with Crippen LogP contribution in [0, 0.1) is 0 Å². The van der Waals surface area contributed by atoms with E-state index in [1.807, 2.05) is 18.2 Å². The van der Waals surface area contributed by atoms with Crippen LogP contribution in [0.25, 0.3) is 0 Å². The minimum atomic E-state index is -0.459. The number of nitrogens with zero attached hydrogens (tertiary/aromatic N) is 1. The quantitative estimate of drug-likeness (QED) is 0.824. The SMILES string of the molecule is COCCN1CC(NC(N)=O)C(c2ccccc2)C1. The molecular weight excluding hydrogens is 242 g/mol. The number of methoxy groups -OCH3 is 1. The van der Waals surface area contributed by atoms with Gasteiger partial charge in [-0.15, -0.1) is 0 Å². The summed E-state index contributed by atoms with van der Waals surface area (Å²) in [7, 11) is 1.70. The van der Waals surface area contributed by atoms with Gasteiger partial charge in [-0.2, -0.15) is 0 Å². The number of primary amides is 1. The van der Waals surface area contributed by atoms with Crippen molar-refractivity contribution in [2.45, 2.75) is 12.0 Å². The topological polar surface area (TPSA) is 67.6 Å². The predicted molar refractivity (Wildman–Crippen MR) is 74.0 cm³/mol. The number of hydrogen-bond acceptors (Lipinski definition) is 3. The first-order valence-electron chi connectivity index (χ1n) is 6.53. The third kappa shape index (κ3) is 3.68. The first kappa shape index (κ1) is 13.8. The monoisotopic (exact) mass is 263 g/mol. The van der Waals surface area contributed by atoms with E-state index in [1.54, 1.807) is 7.11 Å². The molecule has 0 radical (unpaired) electrons. The maximum atomic E-state index is 11.1. The molecule has 1 aliphatic rings. The standard InChI is InChI=1S/C14H21N3O2/c1-19-8-7-17-9-12(11-5-3-2-4-6-11)13(10-17)16-14(15)18/h2-6,12-13H,7-10H2,1H3,(H3,15,16,18). The lowest BCUT2D eigenvalue weighted by molar-refractivity contribution is 0.159. The summed E-state index contributed by atoms with van der Waals surface area (Å²) in [6.07, 6.45) is 0. The molecule has 1 aromatic rings. The Kier molecular flexibility index (Phi) is 4.76. The van der Waals surface area contributed by atoms with Crippen LogP contribution in [0.5, 0.6) is 0 Å². The zero-order chi connectivity index (χ0) is 13.7. The number of nitrogens with one attached hydrogen (secondary N) is 1. The molecule has 0 saturated carbocycles. The second-order valence-electron chi connectivity index (χ2n) is 4.88. The van der Waals surface area contributed by atoms with Crippen molar-refractivity contribution in [2.75, 3.05) is 33.4 Å². The average molecular weight is 263 g/mol. The van der Waals surface area contributed by atoms with E-state index in [9.17, 15) is 4.79 Å². The minimum absolute atomic E-state index is 0.0664. The minimum Gasteiger partial charge on any atom is -0.383 e. The van der Waals surface area contributed by atoms with Gasteiger partial charge in [0.25, 0.3) is 0 Å². The molecule has 2 atom stereocenters. The Morgan fingerprint density at radius 1 is 1.42 bits per heavy atom. The van der Waals surface area contributed by atoms with Crippen LogP contribution in [0.3, 0.4) is 0 Å². The number of carbonyl (C=O) groups is 1. The molecule has 1 fully saturated rings. The van der Waals surface area contributed by atoms with E-state index in [1.165, 1.54) is 5.56 Å². The molecule has 1 aliphatic heterocycles. The Labute approximate surface area is 113 Å². The van der Waals surface area contributed by atoms with Crippen LogP contribution in [-0.2, 0) is 4.74 Å². The van der Waals surface area contributed by atoms with Crippen LogP contribution in [0.2, 0.25) is 0 Å². The van der Waals surface area contributed by atoms with Gasteiger partial charge in [-0.1, -0.05) is 30.3 Å². The van der Waals surface area contributed by atoms with Gasteiger partial charge in [-0.05, 0) is 5.56 Å². The third-order valence-corrected chi connectivity index (χ3v) is 3.56. The fourth-order valence-corrected chi connectivity index (χ4v) is 2.66. The zero-order valence-electron chi connectivity index (χ0n) is 11.2. The molecule has 5 nitrogen and oxygen atoms in total. The Bertz CT molecular complexity index is 410. The summed E-state index contributed by atoms with van der Waals surface area (Å²) >= 11 is 0. The van der Waals surface area contributed by atoms with Crippen molar-refractivity contribution in [1.29, 1.82) is 0 Å². The molecule has 1 aromatic carbocycles. The highest BCUT2D eigenvalue weighted by atomic mass is 16.5. The number of urea groups is 1. The van der Waals surface area contributed by atoms with Crippen LogP contribution in [0.15, 0.2) is 30.3 Å². The number of likely N-dealkylation sites (tertiary alicyclic amines) is 1. The lowest BCUT2D eigenvalue weighted by Gasteiger charge is -2.18. The molecular formula is C14H21N3O2. The largest absolute Gasteiger partial charge is 0.383 e. The van der Waals surface area contributed by atoms with Crippen molar-refractivity contribution >= 4 is 6.03 Å². The molecule has 104 valence electrons. The average Bonchev–Trinajstić information content (AvgIpc) is 2.79. The predicted octanol–water partition coefficient (Wildman–Crippen LogP) is 0.769. The summed E-state index contributed by atoms with van der Waals surface area (Å²) in [4.78, 5) is 13.4. The molecule has 1 saturated heterocycles. The molecule has 5 heteroatoms. The first-order chi connectivity index (χ1) is 9.20. The van der Waals surface area contributed by atoms with Crippen molar-refractivity contribution in [3.05, 3.63) is 35.9 Å². The highest BCUT2D eigenvalue weighted by molar-refractivity contribution is 5.72. The number of nitrogens with two attached hydrogens (primary N) is 1. The molecule has 0 spiro atoms. The number of amides is 2.